The molecule has 0 aliphatic carbocycles. The summed E-state index contributed by atoms with van der Waals surface area (Å²) in [6.07, 6.45) is 12.2. The lowest BCUT2D eigenvalue weighted by Crippen LogP contribution is -2.30. The zero-order chi connectivity index (χ0) is 16.0. The largest absolute Gasteiger partial charge is 0.396 e. The number of aliphatic hydroxyl groups is 1. The summed E-state index contributed by atoms with van der Waals surface area (Å²) < 4.78 is 11.9. The minimum atomic E-state index is 0.0381. The van der Waals surface area contributed by atoms with E-state index in [0.29, 0.717) is 24.0 Å². The molecule has 4 atom stereocenters. The van der Waals surface area contributed by atoms with E-state index in [2.05, 4.69) is 32.9 Å². The van der Waals surface area contributed by atoms with Gasteiger partial charge in [0.2, 0.25) is 0 Å². The van der Waals surface area contributed by atoms with Gasteiger partial charge in [-0.15, -0.1) is 0 Å². The first kappa shape index (κ1) is 18.0. The fourth-order valence-corrected chi connectivity index (χ4v) is 3.72. The van der Waals surface area contributed by atoms with Gasteiger partial charge in [-0.05, 0) is 49.9 Å². The van der Waals surface area contributed by atoms with E-state index in [-0.39, 0.29) is 12.0 Å². The SMILES string of the molecule is CCCOC[C@@H]1[C@H](CC=CCCC(C)(C)CO)[C@@H]2CC[C@H]1O2. The lowest BCUT2D eigenvalue weighted by atomic mass is 9.78. The van der Waals surface area contributed by atoms with Crippen molar-refractivity contribution in [3.63, 3.8) is 0 Å². The summed E-state index contributed by atoms with van der Waals surface area (Å²) in [7, 11) is 0. The van der Waals surface area contributed by atoms with E-state index in [1.165, 1.54) is 12.8 Å². The average Bonchev–Trinajstić information content (AvgIpc) is 3.09. The zero-order valence-electron chi connectivity index (χ0n) is 14.6. The van der Waals surface area contributed by atoms with Crippen LogP contribution in [-0.2, 0) is 9.47 Å². The second-order valence-corrected chi connectivity index (χ2v) is 7.76. The Morgan fingerprint density at radius 1 is 1.18 bits per heavy atom. The van der Waals surface area contributed by atoms with Crippen LogP contribution >= 0.6 is 0 Å². The highest BCUT2D eigenvalue weighted by molar-refractivity contribution is 5.00. The molecule has 2 aliphatic rings. The molecule has 3 nitrogen and oxygen atoms in total. The van der Waals surface area contributed by atoms with E-state index in [1.807, 2.05) is 0 Å². The molecule has 0 aromatic carbocycles. The minimum absolute atomic E-state index is 0.0381. The van der Waals surface area contributed by atoms with Crippen LogP contribution in [-0.4, -0.2) is 37.1 Å². The van der Waals surface area contributed by atoms with Crippen LogP contribution in [0, 0.1) is 17.3 Å². The summed E-state index contributed by atoms with van der Waals surface area (Å²) in [6, 6.07) is 0. The molecule has 128 valence electrons. The molecule has 2 fully saturated rings. The van der Waals surface area contributed by atoms with Crippen molar-refractivity contribution in [2.45, 2.75) is 71.5 Å². The number of hydrogen-bond donors (Lipinski definition) is 1. The highest BCUT2D eigenvalue weighted by Crippen LogP contribution is 2.45. The predicted molar refractivity (Wildman–Crippen MR) is 89.8 cm³/mol. The first-order chi connectivity index (χ1) is 10.6. The third-order valence-corrected chi connectivity index (χ3v) is 5.24. The van der Waals surface area contributed by atoms with Crippen LogP contribution in [0.4, 0.5) is 0 Å². The lowest BCUT2D eigenvalue weighted by Gasteiger charge is -2.27. The summed E-state index contributed by atoms with van der Waals surface area (Å²) in [5.41, 5.74) is 0.0381. The van der Waals surface area contributed by atoms with Crippen LogP contribution in [0.5, 0.6) is 0 Å². The van der Waals surface area contributed by atoms with E-state index in [1.54, 1.807) is 0 Å². The Morgan fingerprint density at radius 2 is 1.91 bits per heavy atom. The van der Waals surface area contributed by atoms with E-state index < -0.39 is 0 Å². The van der Waals surface area contributed by atoms with Gasteiger partial charge < -0.3 is 14.6 Å². The van der Waals surface area contributed by atoms with Gasteiger partial charge in [0.05, 0.1) is 18.8 Å². The minimum Gasteiger partial charge on any atom is -0.396 e. The van der Waals surface area contributed by atoms with Crippen molar-refractivity contribution < 1.29 is 14.6 Å². The number of fused-ring (bicyclic) bond motifs is 2. The van der Waals surface area contributed by atoms with Gasteiger partial charge in [0.1, 0.15) is 0 Å². The molecule has 2 aliphatic heterocycles. The van der Waals surface area contributed by atoms with Crippen molar-refractivity contribution in [2.24, 2.45) is 17.3 Å². The molecular weight excluding hydrogens is 276 g/mol. The molecule has 2 rings (SSSR count). The van der Waals surface area contributed by atoms with E-state index in [0.717, 1.165) is 38.9 Å². The molecule has 0 saturated carbocycles. The van der Waals surface area contributed by atoms with Gasteiger partial charge in [0, 0.05) is 19.1 Å². The molecule has 0 amide bonds. The van der Waals surface area contributed by atoms with Crippen molar-refractivity contribution in [1.29, 1.82) is 0 Å². The van der Waals surface area contributed by atoms with E-state index in [4.69, 9.17) is 9.47 Å². The Kier molecular flexibility index (Phi) is 6.91. The van der Waals surface area contributed by atoms with Gasteiger partial charge in [-0.25, -0.2) is 0 Å². The smallest absolute Gasteiger partial charge is 0.0633 e. The molecular formula is C19H34O3. The molecule has 2 saturated heterocycles. The third-order valence-electron chi connectivity index (χ3n) is 5.24. The van der Waals surface area contributed by atoms with Gasteiger partial charge in [-0.3, -0.25) is 0 Å². The number of rotatable bonds is 10. The summed E-state index contributed by atoms with van der Waals surface area (Å²) in [6.45, 7) is 8.39. The Balaban J connectivity index is 1.75. The van der Waals surface area contributed by atoms with Crippen LogP contribution in [0.15, 0.2) is 12.2 Å². The molecule has 1 N–H and O–H groups in total. The fraction of sp³-hybridized carbons (Fsp3) is 0.895. The summed E-state index contributed by atoms with van der Waals surface area (Å²) in [4.78, 5) is 0. The fourth-order valence-electron chi connectivity index (χ4n) is 3.72. The second-order valence-electron chi connectivity index (χ2n) is 7.76. The molecule has 0 aromatic rings. The number of hydrogen-bond acceptors (Lipinski definition) is 3. The summed E-state index contributed by atoms with van der Waals surface area (Å²) in [5.74, 6) is 1.22. The van der Waals surface area contributed by atoms with Crippen LogP contribution in [0.3, 0.4) is 0 Å². The second kappa shape index (κ2) is 8.47. The van der Waals surface area contributed by atoms with Gasteiger partial charge in [0.15, 0.2) is 0 Å². The molecule has 0 spiro atoms. The van der Waals surface area contributed by atoms with Gasteiger partial charge in [0.25, 0.3) is 0 Å². The van der Waals surface area contributed by atoms with Crippen molar-refractivity contribution in [3.05, 3.63) is 12.2 Å². The Hall–Kier alpha value is -0.380. The van der Waals surface area contributed by atoms with Gasteiger partial charge >= 0.3 is 0 Å². The molecule has 22 heavy (non-hydrogen) atoms. The lowest BCUT2D eigenvalue weighted by molar-refractivity contribution is 0.0495. The quantitative estimate of drug-likeness (QED) is 0.490. The Labute approximate surface area is 136 Å². The number of allylic oxidation sites excluding steroid dienone is 2. The molecule has 0 aromatic heterocycles. The summed E-state index contributed by atoms with van der Waals surface area (Å²) >= 11 is 0. The van der Waals surface area contributed by atoms with Crippen LogP contribution in [0.1, 0.15) is 59.3 Å². The maximum Gasteiger partial charge on any atom is 0.0633 e. The van der Waals surface area contributed by atoms with E-state index in [9.17, 15) is 5.11 Å². The normalized spacial score (nSPS) is 31.5. The molecule has 2 heterocycles. The molecule has 2 bridgehead atoms. The topological polar surface area (TPSA) is 38.7 Å². The van der Waals surface area contributed by atoms with Crippen LogP contribution in [0.25, 0.3) is 0 Å². The molecule has 0 unspecified atom stereocenters. The number of aliphatic hydroxyl groups excluding tert-OH is 1. The summed E-state index contributed by atoms with van der Waals surface area (Å²) in [5, 5.41) is 9.28. The van der Waals surface area contributed by atoms with Crippen molar-refractivity contribution in [1.82, 2.24) is 0 Å². The first-order valence-electron chi connectivity index (χ1n) is 9.06. The highest BCUT2D eigenvalue weighted by Gasteiger charge is 2.48. The maximum atomic E-state index is 9.28. The molecule has 0 radical (unpaired) electrons. The van der Waals surface area contributed by atoms with Crippen LogP contribution in [0.2, 0.25) is 0 Å². The average molecular weight is 310 g/mol. The Morgan fingerprint density at radius 3 is 2.59 bits per heavy atom. The van der Waals surface area contributed by atoms with Crippen LogP contribution < -0.4 is 0 Å². The van der Waals surface area contributed by atoms with Crippen molar-refractivity contribution in [2.75, 3.05) is 19.8 Å². The van der Waals surface area contributed by atoms with Gasteiger partial charge in [-0.2, -0.15) is 0 Å². The van der Waals surface area contributed by atoms with Crippen molar-refractivity contribution >= 4 is 0 Å². The Bertz CT molecular complexity index is 351. The predicted octanol–water partition coefficient (Wildman–Crippen LogP) is 3.95. The molecule has 3 heteroatoms. The monoisotopic (exact) mass is 310 g/mol. The third kappa shape index (κ3) is 4.81. The zero-order valence-corrected chi connectivity index (χ0v) is 14.6. The standard InChI is InChI=1S/C19H34O3/c1-4-12-21-13-16-15(17-9-10-18(16)22-17)8-6-5-7-11-19(2,3)14-20/h5-6,15-18,20H,4,7-14H2,1-3H3/t15-,16+,17-,18+/m0/s1. The first-order valence-corrected chi connectivity index (χ1v) is 9.06. The maximum absolute atomic E-state index is 9.28. The van der Waals surface area contributed by atoms with Gasteiger partial charge in [-0.1, -0.05) is 32.9 Å². The number of ether oxygens (including phenoxy) is 2. The van der Waals surface area contributed by atoms with Crippen molar-refractivity contribution in [3.8, 4) is 0 Å². The van der Waals surface area contributed by atoms with E-state index >= 15 is 0 Å². The highest BCUT2D eigenvalue weighted by atomic mass is 16.5.